The number of aromatic nitrogens is 1. The molecule has 0 amide bonds. The first-order chi connectivity index (χ1) is 4.88. The van der Waals surface area contributed by atoms with Crippen LogP contribution in [0, 0.1) is 36.9 Å². The SMILES string of the molecule is [S-]n1ccc2c1N=CCC2.[Tm]. The molecule has 0 saturated carbocycles. The van der Waals surface area contributed by atoms with Gasteiger partial charge in [-0.2, -0.15) is 0 Å². The van der Waals surface area contributed by atoms with Crippen LogP contribution in [0.15, 0.2) is 17.3 Å². The summed E-state index contributed by atoms with van der Waals surface area (Å²) >= 11 is 4.98. The van der Waals surface area contributed by atoms with Crippen LogP contribution in [-0.4, -0.2) is 10.2 Å². The summed E-state index contributed by atoms with van der Waals surface area (Å²) < 4.78 is 1.64. The van der Waals surface area contributed by atoms with Crippen molar-refractivity contribution in [2.45, 2.75) is 12.8 Å². The zero-order valence-corrected chi connectivity index (χ0v) is 8.32. The van der Waals surface area contributed by atoms with Gasteiger partial charge in [-0.05, 0) is 30.7 Å². The quantitative estimate of drug-likeness (QED) is 0.662. The van der Waals surface area contributed by atoms with Crippen LogP contribution in [0.4, 0.5) is 5.82 Å². The summed E-state index contributed by atoms with van der Waals surface area (Å²) in [5, 5.41) is 0. The zero-order chi connectivity index (χ0) is 6.97. The number of nitrogens with zero attached hydrogens (tertiary/aromatic N) is 2. The molecule has 0 atom stereocenters. The number of aryl methyl sites for hydroxylation is 1. The van der Waals surface area contributed by atoms with Gasteiger partial charge < -0.3 is 16.8 Å². The van der Waals surface area contributed by atoms with E-state index in [1.165, 1.54) is 5.56 Å². The van der Waals surface area contributed by atoms with Crippen molar-refractivity contribution in [2.75, 3.05) is 0 Å². The fourth-order valence-corrected chi connectivity index (χ4v) is 1.38. The van der Waals surface area contributed by atoms with Crippen LogP contribution in [0.25, 0.3) is 0 Å². The van der Waals surface area contributed by atoms with Gasteiger partial charge in [0.2, 0.25) is 0 Å². The van der Waals surface area contributed by atoms with Crippen molar-refractivity contribution in [2.24, 2.45) is 4.99 Å². The van der Waals surface area contributed by atoms with E-state index in [9.17, 15) is 0 Å². The second kappa shape index (κ2) is 3.88. The third-order valence-electron chi connectivity index (χ3n) is 1.66. The van der Waals surface area contributed by atoms with Gasteiger partial charge in [-0.1, -0.05) is 0 Å². The molecule has 11 heavy (non-hydrogen) atoms. The summed E-state index contributed by atoms with van der Waals surface area (Å²) in [6.45, 7) is 0. The van der Waals surface area contributed by atoms with Crippen LogP contribution in [0.1, 0.15) is 12.0 Å². The van der Waals surface area contributed by atoms with E-state index in [2.05, 4.69) is 4.99 Å². The largest absolute Gasteiger partial charge is 0.686 e. The maximum Gasteiger partial charge on any atom is 0.116 e. The molecule has 65 valence electrons. The van der Waals surface area contributed by atoms with E-state index in [1.807, 2.05) is 18.5 Å². The molecule has 2 heterocycles. The Kier molecular flexibility index (Phi) is 3.35. The minimum atomic E-state index is 0. The Balaban J connectivity index is 0.000000605. The maximum atomic E-state index is 4.98. The Bertz CT molecular complexity index is 280. The second-order valence-electron chi connectivity index (χ2n) is 2.34. The zero-order valence-electron chi connectivity index (χ0n) is 5.73. The predicted octanol–water partition coefficient (Wildman–Crippen LogP) is 1.45. The van der Waals surface area contributed by atoms with Crippen LogP contribution in [-0.2, 0) is 19.2 Å². The first-order valence-electron chi connectivity index (χ1n) is 3.28. The molecule has 0 saturated heterocycles. The summed E-state index contributed by atoms with van der Waals surface area (Å²) in [5.41, 5.74) is 1.28. The molecule has 1 aromatic heterocycles. The van der Waals surface area contributed by atoms with Gasteiger partial charge in [0.05, 0.1) is 0 Å². The van der Waals surface area contributed by atoms with Crippen LogP contribution in [0.2, 0.25) is 0 Å². The smallest absolute Gasteiger partial charge is 0.116 e. The van der Waals surface area contributed by atoms with Crippen LogP contribution < -0.4 is 0 Å². The number of rotatable bonds is 0. The molecule has 4 heteroatoms. The number of hydrogen-bond acceptors (Lipinski definition) is 2. The summed E-state index contributed by atoms with van der Waals surface area (Å²) in [6, 6.07) is 2.04. The molecule has 0 unspecified atom stereocenters. The van der Waals surface area contributed by atoms with Crippen molar-refractivity contribution >= 4 is 24.8 Å². The van der Waals surface area contributed by atoms with Crippen LogP contribution in [0.5, 0.6) is 0 Å². The summed E-state index contributed by atoms with van der Waals surface area (Å²) in [7, 11) is 0. The minimum Gasteiger partial charge on any atom is -0.686 e. The van der Waals surface area contributed by atoms with Gasteiger partial charge in [0.1, 0.15) is 5.82 Å². The number of hydrogen-bond donors (Lipinski definition) is 0. The fraction of sp³-hybridized carbons (Fsp3) is 0.286. The average molecular weight is 320 g/mol. The molecule has 0 N–H and O–H groups in total. The molecule has 1 aliphatic rings. The third kappa shape index (κ3) is 1.76. The molecule has 0 bridgehead atoms. The van der Waals surface area contributed by atoms with Gasteiger partial charge in [0.25, 0.3) is 0 Å². The molecule has 1 aliphatic heterocycles. The Morgan fingerprint density at radius 2 is 2.36 bits per heavy atom. The first-order valence-corrected chi connectivity index (χ1v) is 3.65. The molecular formula is C7H7N2STm-. The second-order valence-corrected chi connectivity index (χ2v) is 2.73. The molecule has 0 fully saturated rings. The Morgan fingerprint density at radius 1 is 1.55 bits per heavy atom. The molecule has 2 nitrogen and oxygen atoms in total. The van der Waals surface area contributed by atoms with Crippen molar-refractivity contribution in [3.05, 3.63) is 17.8 Å². The first kappa shape index (κ1) is 9.49. The van der Waals surface area contributed by atoms with Gasteiger partial charge in [-0.25, -0.2) is 4.99 Å². The fourth-order valence-electron chi connectivity index (χ4n) is 1.15. The van der Waals surface area contributed by atoms with E-state index in [1.54, 1.807) is 3.97 Å². The summed E-state index contributed by atoms with van der Waals surface area (Å²) in [4.78, 5) is 4.19. The average Bonchev–Trinajstić information content (AvgIpc) is 2.34. The standard InChI is InChI=1S/C7H7N2S.Tm/c10-9-5-3-6-2-1-4-8-7(6)9;/h3-5H,1-2H2;/q-1;. The normalized spacial score (nSPS) is 13.8. The Morgan fingerprint density at radius 3 is 3.09 bits per heavy atom. The van der Waals surface area contributed by atoms with Gasteiger partial charge in [0.15, 0.2) is 0 Å². The van der Waals surface area contributed by atoms with Crippen molar-refractivity contribution in [3.8, 4) is 0 Å². The van der Waals surface area contributed by atoms with E-state index in [0.717, 1.165) is 18.7 Å². The van der Waals surface area contributed by atoms with Crippen molar-refractivity contribution in [1.82, 2.24) is 3.97 Å². The number of aliphatic imine (C=N–C) groups is 1. The minimum absolute atomic E-state index is 0. The van der Waals surface area contributed by atoms with E-state index >= 15 is 0 Å². The third-order valence-corrected chi connectivity index (χ3v) is 1.96. The van der Waals surface area contributed by atoms with Crippen LogP contribution in [0.3, 0.4) is 0 Å². The molecule has 1 radical (unpaired) electrons. The van der Waals surface area contributed by atoms with E-state index < -0.39 is 0 Å². The molecule has 1 aromatic rings. The van der Waals surface area contributed by atoms with Gasteiger partial charge in [0, 0.05) is 43.1 Å². The molecule has 0 spiro atoms. The molecule has 2 rings (SSSR count). The summed E-state index contributed by atoms with van der Waals surface area (Å²) in [5.74, 6) is 0.946. The molecule has 0 aliphatic carbocycles. The van der Waals surface area contributed by atoms with E-state index in [-0.39, 0.29) is 36.9 Å². The molecular weight excluding hydrogens is 313 g/mol. The van der Waals surface area contributed by atoms with Crippen molar-refractivity contribution in [3.63, 3.8) is 0 Å². The van der Waals surface area contributed by atoms with Gasteiger partial charge in [-0.3, -0.25) is 0 Å². The monoisotopic (exact) mass is 320 g/mol. The van der Waals surface area contributed by atoms with Crippen molar-refractivity contribution < 1.29 is 36.9 Å². The predicted molar refractivity (Wildman–Crippen MR) is 43.7 cm³/mol. The van der Waals surface area contributed by atoms with Gasteiger partial charge >= 0.3 is 0 Å². The van der Waals surface area contributed by atoms with Gasteiger partial charge in [-0.15, -0.1) is 0 Å². The van der Waals surface area contributed by atoms with E-state index in [0.29, 0.717) is 0 Å². The Labute approximate surface area is 100 Å². The molecule has 0 aromatic carbocycles. The van der Waals surface area contributed by atoms with Crippen molar-refractivity contribution in [1.29, 1.82) is 0 Å². The van der Waals surface area contributed by atoms with E-state index in [4.69, 9.17) is 12.8 Å². The summed E-state index contributed by atoms with van der Waals surface area (Å²) in [6.07, 6.45) is 5.93. The number of fused-ring (bicyclic) bond motifs is 1. The topological polar surface area (TPSA) is 17.3 Å². The van der Waals surface area contributed by atoms with Crippen LogP contribution >= 0.6 is 0 Å². The Hall–Kier alpha value is 0.404. The maximum absolute atomic E-state index is 4.98.